The lowest BCUT2D eigenvalue weighted by molar-refractivity contribution is -0.381. The molecular weight excluding hydrogens is 233 g/mol. The normalized spacial score (nSPS) is 19.3. The minimum atomic E-state index is -6.72. The molecule has 0 bridgehead atoms. The molecule has 0 aromatic carbocycles. The van der Waals surface area contributed by atoms with Crippen molar-refractivity contribution >= 4 is 0 Å². The van der Waals surface area contributed by atoms with Crippen LogP contribution in [0.3, 0.4) is 0 Å². The molecule has 1 atom stereocenters. The lowest BCUT2D eigenvalue weighted by atomic mass is 10.1. The van der Waals surface area contributed by atoms with Crippen LogP contribution in [0.2, 0.25) is 0 Å². The molecule has 0 fully saturated rings. The van der Waals surface area contributed by atoms with Gasteiger partial charge in [0.15, 0.2) is 0 Å². The Hall–Kier alpha value is -0.670. The standard InChI is InChI=1S/C4H2F9N/c5-1(6,3(8,9)10)2(7,14)4(11,12)13/h14H2. The number of alkyl halides is 9. The highest BCUT2D eigenvalue weighted by atomic mass is 19.4. The predicted octanol–water partition coefficient (Wildman–Crippen LogP) is 2.37. The molecule has 86 valence electrons. The maximum absolute atomic E-state index is 12.1. The predicted molar refractivity (Wildman–Crippen MR) is 25.1 cm³/mol. The Morgan fingerprint density at radius 2 is 0.857 bits per heavy atom. The number of hydrogen-bond acceptors (Lipinski definition) is 1. The van der Waals surface area contributed by atoms with Gasteiger partial charge in [-0.3, -0.25) is 5.73 Å². The lowest BCUT2D eigenvalue weighted by Gasteiger charge is -2.32. The fourth-order valence-corrected chi connectivity index (χ4v) is 0.384. The third kappa shape index (κ3) is 1.74. The molecular formula is C4H2F9N. The first kappa shape index (κ1) is 13.3. The fourth-order valence-electron chi connectivity index (χ4n) is 0.384. The van der Waals surface area contributed by atoms with Crippen molar-refractivity contribution < 1.29 is 39.5 Å². The number of halogens is 9. The first-order valence-corrected chi connectivity index (χ1v) is 2.74. The molecule has 0 aliphatic carbocycles. The van der Waals surface area contributed by atoms with Crippen LogP contribution in [0.4, 0.5) is 39.5 Å². The van der Waals surface area contributed by atoms with Gasteiger partial charge in [-0.25, -0.2) is 4.39 Å². The molecule has 10 heteroatoms. The second-order valence-corrected chi connectivity index (χ2v) is 2.28. The summed E-state index contributed by atoms with van der Waals surface area (Å²) in [6, 6.07) is 0. The van der Waals surface area contributed by atoms with Crippen molar-refractivity contribution in [2.45, 2.75) is 24.1 Å². The summed E-state index contributed by atoms with van der Waals surface area (Å²) in [5.41, 5.74) is 3.30. The topological polar surface area (TPSA) is 26.0 Å². The molecule has 0 heterocycles. The van der Waals surface area contributed by atoms with Gasteiger partial charge >= 0.3 is 24.1 Å². The van der Waals surface area contributed by atoms with Crippen LogP contribution in [0.25, 0.3) is 0 Å². The van der Waals surface area contributed by atoms with Gasteiger partial charge in [0.1, 0.15) is 0 Å². The molecule has 1 nitrogen and oxygen atoms in total. The maximum atomic E-state index is 12.1. The Balaban J connectivity index is 5.30. The van der Waals surface area contributed by atoms with E-state index in [1.54, 1.807) is 0 Å². The largest absolute Gasteiger partial charge is 0.458 e. The number of hydrogen-bond donors (Lipinski definition) is 1. The molecule has 0 saturated carbocycles. The summed E-state index contributed by atoms with van der Waals surface area (Å²) in [5.74, 6) is -12.8. The zero-order chi connectivity index (χ0) is 12.0. The van der Waals surface area contributed by atoms with E-state index in [9.17, 15) is 39.5 Å². The Kier molecular flexibility index (Phi) is 2.77. The van der Waals surface area contributed by atoms with Gasteiger partial charge in [-0.05, 0) is 0 Å². The van der Waals surface area contributed by atoms with Crippen molar-refractivity contribution in [2.24, 2.45) is 5.73 Å². The molecule has 0 radical (unpaired) electrons. The molecule has 0 aromatic rings. The first-order valence-electron chi connectivity index (χ1n) is 2.74. The molecule has 1 unspecified atom stereocenters. The van der Waals surface area contributed by atoms with Crippen molar-refractivity contribution in [3.05, 3.63) is 0 Å². The molecule has 0 saturated heterocycles. The summed E-state index contributed by atoms with van der Waals surface area (Å²) in [6.07, 6.45) is -13.2. The van der Waals surface area contributed by atoms with Crippen LogP contribution in [0, 0.1) is 0 Å². The Bertz CT molecular complexity index is 186. The quantitative estimate of drug-likeness (QED) is 0.548. The van der Waals surface area contributed by atoms with E-state index in [-0.39, 0.29) is 0 Å². The zero-order valence-corrected chi connectivity index (χ0v) is 5.98. The Morgan fingerprint density at radius 3 is 0.929 bits per heavy atom. The summed E-state index contributed by atoms with van der Waals surface area (Å²) in [4.78, 5) is 0. The average Bonchev–Trinajstić information content (AvgIpc) is 1.81. The minimum Gasteiger partial charge on any atom is -0.286 e. The van der Waals surface area contributed by atoms with Crippen LogP contribution in [0.1, 0.15) is 0 Å². The van der Waals surface area contributed by atoms with E-state index in [1.165, 1.54) is 0 Å². The highest BCUT2D eigenvalue weighted by Gasteiger charge is 2.79. The van der Waals surface area contributed by atoms with Crippen molar-refractivity contribution in [2.75, 3.05) is 0 Å². The van der Waals surface area contributed by atoms with Gasteiger partial charge in [-0.2, -0.15) is 35.1 Å². The van der Waals surface area contributed by atoms with Gasteiger partial charge < -0.3 is 0 Å². The summed E-state index contributed by atoms with van der Waals surface area (Å²) in [6.45, 7) is 0. The van der Waals surface area contributed by atoms with E-state index in [1.807, 2.05) is 0 Å². The second-order valence-electron chi connectivity index (χ2n) is 2.28. The Morgan fingerprint density at radius 1 is 0.571 bits per heavy atom. The summed E-state index contributed by atoms with van der Waals surface area (Å²) in [5, 5.41) is 0. The SMILES string of the molecule is NC(F)(C(F)(F)F)C(F)(F)C(F)(F)F. The molecule has 0 rings (SSSR count). The fraction of sp³-hybridized carbons (Fsp3) is 1.00. The molecule has 0 aliphatic rings. The van der Waals surface area contributed by atoms with Crippen LogP contribution < -0.4 is 5.73 Å². The monoisotopic (exact) mass is 235 g/mol. The van der Waals surface area contributed by atoms with Crippen LogP contribution >= 0.6 is 0 Å². The molecule has 0 aliphatic heterocycles. The second kappa shape index (κ2) is 2.91. The smallest absolute Gasteiger partial charge is 0.286 e. The maximum Gasteiger partial charge on any atom is 0.458 e. The van der Waals surface area contributed by atoms with Gasteiger partial charge in [-0.15, -0.1) is 0 Å². The van der Waals surface area contributed by atoms with E-state index in [4.69, 9.17) is 0 Å². The van der Waals surface area contributed by atoms with E-state index in [0.717, 1.165) is 0 Å². The van der Waals surface area contributed by atoms with Crippen LogP contribution in [0.15, 0.2) is 0 Å². The van der Waals surface area contributed by atoms with Crippen molar-refractivity contribution in [1.29, 1.82) is 0 Å². The van der Waals surface area contributed by atoms with Crippen LogP contribution in [-0.2, 0) is 0 Å². The summed E-state index contributed by atoms with van der Waals surface area (Å²) < 4.78 is 104. The Labute approximate surface area is 70.7 Å². The van der Waals surface area contributed by atoms with Gasteiger partial charge in [-0.1, -0.05) is 0 Å². The van der Waals surface area contributed by atoms with Crippen molar-refractivity contribution in [1.82, 2.24) is 0 Å². The van der Waals surface area contributed by atoms with Crippen LogP contribution in [0.5, 0.6) is 0 Å². The van der Waals surface area contributed by atoms with E-state index in [0.29, 0.717) is 0 Å². The van der Waals surface area contributed by atoms with Gasteiger partial charge in [0.2, 0.25) is 0 Å². The zero-order valence-electron chi connectivity index (χ0n) is 5.98. The summed E-state index contributed by atoms with van der Waals surface area (Å²) in [7, 11) is 0. The first-order chi connectivity index (χ1) is 5.75. The molecule has 0 aromatic heterocycles. The highest BCUT2D eigenvalue weighted by Crippen LogP contribution is 2.49. The van der Waals surface area contributed by atoms with E-state index in [2.05, 4.69) is 5.73 Å². The van der Waals surface area contributed by atoms with Crippen molar-refractivity contribution in [3.63, 3.8) is 0 Å². The highest BCUT2D eigenvalue weighted by molar-refractivity contribution is 4.99. The molecule has 0 amide bonds. The molecule has 2 N–H and O–H groups in total. The van der Waals surface area contributed by atoms with Gasteiger partial charge in [0.05, 0.1) is 0 Å². The minimum absolute atomic E-state index is 3.30. The molecule has 0 spiro atoms. The van der Waals surface area contributed by atoms with E-state index >= 15 is 0 Å². The van der Waals surface area contributed by atoms with E-state index < -0.39 is 24.1 Å². The third-order valence-corrected chi connectivity index (χ3v) is 1.23. The third-order valence-electron chi connectivity index (χ3n) is 1.23. The average molecular weight is 235 g/mol. The summed E-state index contributed by atoms with van der Waals surface area (Å²) >= 11 is 0. The number of nitrogens with two attached hydrogens (primary N) is 1. The van der Waals surface area contributed by atoms with Gasteiger partial charge in [0, 0.05) is 0 Å². The lowest BCUT2D eigenvalue weighted by Crippen LogP contribution is -2.67. The van der Waals surface area contributed by atoms with Crippen LogP contribution in [-0.4, -0.2) is 24.1 Å². The number of rotatable bonds is 1. The van der Waals surface area contributed by atoms with Crippen molar-refractivity contribution in [3.8, 4) is 0 Å². The molecule has 14 heavy (non-hydrogen) atoms. The van der Waals surface area contributed by atoms with Gasteiger partial charge in [0.25, 0.3) is 0 Å².